The van der Waals surface area contributed by atoms with Crippen LogP contribution in [-0.2, 0) is 0 Å². The van der Waals surface area contributed by atoms with E-state index in [0.717, 1.165) is 33.3 Å². The number of pyridine rings is 1. The first-order valence-corrected chi connectivity index (χ1v) is 17.2. The molecule has 0 amide bonds. The summed E-state index contributed by atoms with van der Waals surface area (Å²) in [5, 5.41) is 7.15. The molecule has 0 saturated heterocycles. The summed E-state index contributed by atoms with van der Waals surface area (Å²) in [6.07, 6.45) is 1.86. The minimum absolute atomic E-state index is 0.666. The summed E-state index contributed by atoms with van der Waals surface area (Å²) in [7, 11) is -3.04. The predicted molar refractivity (Wildman–Crippen MR) is 188 cm³/mol. The number of fused-ring (bicyclic) bond motifs is 3. The van der Waals surface area contributed by atoms with E-state index in [2.05, 4.69) is 157 Å². The van der Waals surface area contributed by atoms with Gasteiger partial charge in [0.1, 0.15) is 0 Å². The van der Waals surface area contributed by atoms with E-state index in [1.807, 2.05) is 18.3 Å². The third kappa shape index (κ3) is 4.32. The van der Waals surface area contributed by atoms with Crippen molar-refractivity contribution in [3.63, 3.8) is 0 Å². The summed E-state index contributed by atoms with van der Waals surface area (Å²) < 4.78 is 2.23. The molecule has 5 aromatic carbocycles. The molecule has 0 aliphatic carbocycles. The van der Waals surface area contributed by atoms with Gasteiger partial charge in [0.15, 0.2) is 0 Å². The van der Waals surface area contributed by atoms with E-state index >= 15 is 0 Å². The van der Waals surface area contributed by atoms with Gasteiger partial charge in [0.05, 0.1) is 27.7 Å². The number of rotatable bonds is 6. The first kappa shape index (κ1) is 26.9. The Morgan fingerprint density at radius 2 is 0.956 bits per heavy atom. The molecule has 0 unspecified atom stereocenters. The van der Waals surface area contributed by atoms with Gasteiger partial charge in [0.25, 0.3) is 0 Å². The predicted octanol–water partition coefficient (Wildman–Crippen LogP) is 6.32. The first-order chi connectivity index (χ1) is 22.3. The van der Waals surface area contributed by atoms with E-state index < -0.39 is 8.07 Å². The smallest absolute Gasteiger partial charge is 0.234 e. The van der Waals surface area contributed by atoms with Crippen LogP contribution in [0.25, 0.3) is 39.0 Å². The number of nitrogens with zero attached hydrogens (tertiary/aromatic N) is 4. The Hall–Kier alpha value is -5.65. The van der Waals surface area contributed by atoms with Crippen LogP contribution in [0.4, 0.5) is 0 Å². The number of aromatic nitrogens is 4. The van der Waals surface area contributed by atoms with Crippen molar-refractivity contribution in [1.29, 1.82) is 0 Å². The molecule has 45 heavy (non-hydrogen) atoms. The van der Waals surface area contributed by atoms with E-state index in [9.17, 15) is 0 Å². The third-order valence-electron chi connectivity index (χ3n) is 8.75. The summed E-state index contributed by atoms with van der Waals surface area (Å²) in [5.74, 6) is 0.666. The van der Waals surface area contributed by atoms with Crippen LogP contribution in [0.15, 0.2) is 164 Å². The van der Waals surface area contributed by atoms with Crippen molar-refractivity contribution in [2.75, 3.05) is 0 Å². The molecule has 0 fully saturated rings. The highest BCUT2D eigenvalue weighted by Crippen LogP contribution is 2.31. The summed E-state index contributed by atoms with van der Waals surface area (Å²) in [4.78, 5) is 15.9. The maximum atomic E-state index is 5.73. The van der Waals surface area contributed by atoms with Crippen LogP contribution in [0.2, 0.25) is 0 Å². The molecule has 0 saturated carbocycles. The topological polar surface area (TPSA) is 43.6 Å². The average Bonchev–Trinajstić information content (AvgIpc) is 3.45. The van der Waals surface area contributed by atoms with Crippen molar-refractivity contribution in [3.8, 4) is 17.2 Å². The Balaban J connectivity index is 1.58. The van der Waals surface area contributed by atoms with Gasteiger partial charge >= 0.3 is 0 Å². The Morgan fingerprint density at radius 1 is 0.489 bits per heavy atom. The van der Waals surface area contributed by atoms with Gasteiger partial charge < -0.3 is 0 Å². The summed E-state index contributed by atoms with van der Waals surface area (Å²) in [6, 6.07) is 55.9. The lowest BCUT2D eigenvalue weighted by molar-refractivity contribution is 0.975. The lowest BCUT2D eigenvalue weighted by Gasteiger charge is -2.35. The van der Waals surface area contributed by atoms with Crippen molar-refractivity contribution in [3.05, 3.63) is 170 Å². The van der Waals surface area contributed by atoms with Gasteiger partial charge in [-0.25, -0.2) is 9.97 Å². The molecule has 0 atom stereocenters. The number of aryl methyl sites for hydroxylation is 1. The van der Waals surface area contributed by atoms with E-state index in [-0.39, 0.29) is 0 Å². The molecular formula is C40H30N4Si. The summed E-state index contributed by atoms with van der Waals surface area (Å²) in [5.41, 5.74) is 4.93. The van der Waals surface area contributed by atoms with Gasteiger partial charge in [-0.15, -0.1) is 0 Å². The molecule has 0 radical (unpaired) electrons. The Morgan fingerprint density at radius 3 is 1.44 bits per heavy atom. The molecule has 0 N–H and O–H groups in total. The highest BCUT2D eigenvalue weighted by molar-refractivity contribution is 7.20. The van der Waals surface area contributed by atoms with Crippen LogP contribution in [0, 0.1) is 6.92 Å². The lowest BCUT2D eigenvalue weighted by Crippen LogP contribution is -2.76. The fourth-order valence-electron chi connectivity index (χ4n) is 6.86. The largest absolute Gasteiger partial charge is 0.278 e. The van der Waals surface area contributed by atoms with Crippen molar-refractivity contribution >= 4 is 50.8 Å². The molecule has 0 spiro atoms. The normalized spacial score (nSPS) is 11.7. The molecule has 3 aromatic heterocycles. The zero-order valence-corrected chi connectivity index (χ0v) is 25.9. The van der Waals surface area contributed by atoms with Crippen LogP contribution in [-0.4, -0.2) is 27.6 Å². The average molecular weight is 595 g/mol. The van der Waals surface area contributed by atoms with Crippen LogP contribution in [0.1, 0.15) is 5.69 Å². The first-order valence-electron chi connectivity index (χ1n) is 15.2. The standard InChI is InChI=1S/C40H30N4Si/c1-29-38(35-25-15-16-28-41-35)39(43-40(42-29)44-36-26-13-11-23-33(36)34-24-12-14-27-37(34)44)45(30-17-5-2-6-18-30,31-19-7-3-8-20-31)32-21-9-4-10-22-32/h2-28H,1H3. The second-order valence-electron chi connectivity index (χ2n) is 11.3. The van der Waals surface area contributed by atoms with Gasteiger partial charge in [0.2, 0.25) is 14.0 Å². The second kappa shape index (κ2) is 11.1. The maximum Gasteiger partial charge on any atom is 0.234 e. The summed E-state index contributed by atoms with van der Waals surface area (Å²) >= 11 is 0. The van der Waals surface area contributed by atoms with E-state index in [1.54, 1.807) is 0 Å². The van der Waals surface area contributed by atoms with Crippen LogP contribution >= 0.6 is 0 Å². The minimum Gasteiger partial charge on any atom is -0.278 e. The second-order valence-corrected chi connectivity index (χ2v) is 15.0. The highest BCUT2D eigenvalue weighted by atomic mass is 28.3. The molecule has 5 heteroatoms. The Labute approximate surface area is 263 Å². The van der Waals surface area contributed by atoms with Gasteiger partial charge in [-0.3, -0.25) is 9.55 Å². The van der Waals surface area contributed by atoms with Crippen molar-refractivity contribution in [1.82, 2.24) is 19.5 Å². The fraction of sp³-hybridized carbons (Fsp3) is 0.0250. The molecule has 8 aromatic rings. The third-order valence-corrected chi connectivity index (χ3v) is 13.4. The van der Waals surface area contributed by atoms with E-state index in [4.69, 9.17) is 15.0 Å². The van der Waals surface area contributed by atoms with Crippen LogP contribution < -0.4 is 20.9 Å². The lowest BCUT2D eigenvalue weighted by atomic mass is 10.1. The fourth-order valence-corrected chi connectivity index (χ4v) is 11.7. The Bertz CT molecular complexity index is 2120. The molecular weight excluding hydrogens is 565 g/mol. The molecule has 0 aliphatic heterocycles. The van der Waals surface area contributed by atoms with Crippen LogP contribution in [0.5, 0.6) is 0 Å². The van der Waals surface area contributed by atoms with E-state index in [0.29, 0.717) is 5.95 Å². The quantitative estimate of drug-likeness (QED) is 0.167. The molecule has 214 valence electrons. The van der Waals surface area contributed by atoms with Gasteiger partial charge in [-0.2, -0.15) is 0 Å². The summed E-state index contributed by atoms with van der Waals surface area (Å²) in [6.45, 7) is 2.10. The van der Waals surface area contributed by atoms with Crippen molar-refractivity contribution < 1.29 is 0 Å². The number of hydrogen-bond donors (Lipinski definition) is 0. The zero-order chi connectivity index (χ0) is 30.2. The SMILES string of the molecule is Cc1nc(-n2c3ccccc3c3ccccc32)nc([Si](c2ccccc2)(c2ccccc2)c2ccccc2)c1-c1ccccn1. The van der Waals surface area contributed by atoms with Crippen LogP contribution in [0.3, 0.4) is 0 Å². The number of benzene rings is 5. The number of hydrogen-bond acceptors (Lipinski definition) is 3. The molecule has 8 rings (SSSR count). The zero-order valence-electron chi connectivity index (χ0n) is 24.9. The van der Waals surface area contributed by atoms with Crippen molar-refractivity contribution in [2.24, 2.45) is 0 Å². The van der Waals surface area contributed by atoms with Gasteiger partial charge in [-0.1, -0.05) is 133 Å². The highest BCUT2D eigenvalue weighted by Gasteiger charge is 2.45. The Kier molecular flexibility index (Phi) is 6.66. The van der Waals surface area contributed by atoms with Gasteiger partial charge in [-0.05, 0) is 46.7 Å². The monoisotopic (exact) mass is 594 g/mol. The molecule has 0 aliphatic rings. The number of para-hydroxylation sites is 2. The van der Waals surface area contributed by atoms with Gasteiger partial charge in [0, 0.05) is 22.5 Å². The molecule has 3 heterocycles. The maximum absolute atomic E-state index is 5.73. The van der Waals surface area contributed by atoms with E-state index in [1.165, 1.54) is 26.3 Å². The molecule has 4 nitrogen and oxygen atoms in total. The molecule has 0 bridgehead atoms. The minimum atomic E-state index is -3.04. The van der Waals surface area contributed by atoms with Crippen molar-refractivity contribution in [2.45, 2.75) is 6.92 Å².